The molecule has 6 nitrogen and oxygen atoms in total. The van der Waals surface area contributed by atoms with Crippen LogP contribution < -0.4 is 0 Å². The van der Waals surface area contributed by atoms with E-state index >= 15 is 0 Å². The summed E-state index contributed by atoms with van der Waals surface area (Å²) in [5.41, 5.74) is 1.22. The van der Waals surface area contributed by atoms with E-state index in [0.29, 0.717) is 26.2 Å². The molecule has 0 spiro atoms. The molecule has 1 aromatic rings. The Labute approximate surface area is 126 Å². The van der Waals surface area contributed by atoms with E-state index in [1.54, 1.807) is 16.2 Å². The van der Waals surface area contributed by atoms with E-state index < -0.39 is 12.0 Å². The molecule has 1 amide bonds. The van der Waals surface area contributed by atoms with Crippen LogP contribution in [0.1, 0.15) is 10.4 Å². The number of nitrogens with zero attached hydrogens (tertiary/aromatic N) is 2. The van der Waals surface area contributed by atoms with Gasteiger partial charge in [-0.3, -0.25) is 14.5 Å². The van der Waals surface area contributed by atoms with Gasteiger partial charge in [0.05, 0.1) is 19.8 Å². The summed E-state index contributed by atoms with van der Waals surface area (Å²) in [5, 5.41) is 11.2. The highest BCUT2D eigenvalue weighted by Crippen LogP contribution is 2.24. The van der Waals surface area contributed by atoms with E-state index in [9.17, 15) is 14.7 Å². The van der Waals surface area contributed by atoms with Crippen LogP contribution in [0.2, 0.25) is 0 Å². The lowest BCUT2D eigenvalue weighted by molar-refractivity contribution is -0.151. The van der Waals surface area contributed by atoms with Crippen molar-refractivity contribution in [1.29, 1.82) is 0 Å². The number of hydrogen-bond donors (Lipinski definition) is 1. The lowest BCUT2D eigenvalue weighted by Gasteiger charge is -2.34. The molecule has 114 valence electrons. The Balaban J connectivity index is 1.62. The van der Waals surface area contributed by atoms with Crippen LogP contribution in [0.5, 0.6) is 0 Å². The lowest BCUT2D eigenvalue weighted by Crippen LogP contribution is -2.53. The topological polar surface area (TPSA) is 70.1 Å². The molecular weight excluding hydrogens is 292 g/mol. The Hall–Kier alpha value is -1.44. The van der Waals surface area contributed by atoms with Crippen LogP contribution in [0.15, 0.2) is 11.4 Å². The van der Waals surface area contributed by atoms with Crippen LogP contribution in [-0.2, 0) is 27.3 Å². The maximum atomic E-state index is 12.4. The Morgan fingerprint density at radius 2 is 2.29 bits per heavy atom. The summed E-state index contributed by atoms with van der Waals surface area (Å²) in [7, 11) is 0. The third kappa shape index (κ3) is 3.09. The van der Waals surface area contributed by atoms with Crippen molar-refractivity contribution in [2.75, 3.05) is 32.8 Å². The molecule has 0 bridgehead atoms. The molecule has 1 fully saturated rings. The fourth-order valence-electron chi connectivity index (χ4n) is 2.79. The number of carbonyl (C=O) groups excluding carboxylic acids is 1. The number of carboxylic acids is 1. The normalized spacial score (nSPS) is 22.9. The average molecular weight is 310 g/mol. The van der Waals surface area contributed by atoms with Gasteiger partial charge in [0.1, 0.15) is 6.04 Å². The number of fused-ring (bicyclic) bond motifs is 1. The number of amides is 1. The molecule has 0 saturated carbocycles. The van der Waals surface area contributed by atoms with Gasteiger partial charge in [-0.15, -0.1) is 11.3 Å². The van der Waals surface area contributed by atoms with Crippen LogP contribution in [0, 0.1) is 0 Å². The van der Waals surface area contributed by atoms with Crippen LogP contribution in [-0.4, -0.2) is 65.7 Å². The van der Waals surface area contributed by atoms with Crippen molar-refractivity contribution in [1.82, 2.24) is 9.80 Å². The van der Waals surface area contributed by atoms with Crippen LogP contribution in [0.3, 0.4) is 0 Å². The maximum absolute atomic E-state index is 12.4. The average Bonchev–Trinajstić information content (AvgIpc) is 2.94. The number of carboxylic acid groups (broad SMARTS) is 1. The van der Waals surface area contributed by atoms with Crippen molar-refractivity contribution in [3.63, 3.8) is 0 Å². The Morgan fingerprint density at radius 3 is 3.10 bits per heavy atom. The molecule has 3 rings (SSSR count). The van der Waals surface area contributed by atoms with E-state index in [-0.39, 0.29) is 19.1 Å². The molecule has 0 aromatic carbocycles. The zero-order valence-corrected chi connectivity index (χ0v) is 12.5. The van der Waals surface area contributed by atoms with Crippen molar-refractivity contribution in [2.24, 2.45) is 0 Å². The highest BCUT2D eigenvalue weighted by Gasteiger charge is 2.32. The van der Waals surface area contributed by atoms with Crippen LogP contribution >= 0.6 is 11.3 Å². The minimum Gasteiger partial charge on any atom is -0.480 e. The molecular formula is C14H18N2O4S. The number of hydrogen-bond acceptors (Lipinski definition) is 5. The van der Waals surface area contributed by atoms with Crippen molar-refractivity contribution >= 4 is 23.2 Å². The first kappa shape index (κ1) is 14.5. The van der Waals surface area contributed by atoms with Gasteiger partial charge >= 0.3 is 5.97 Å². The third-order valence-corrected chi connectivity index (χ3v) is 5.05. The molecule has 21 heavy (non-hydrogen) atoms. The van der Waals surface area contributed by atoms with E-state index in [0.717, 1.165) is 6.42 Å². The molecule has 1 atom stereocenters. The van der Waals surface area contributed by atoms with Gasteiger partial charge in [-0.25, -0.2) is 0 Å². The standard InChI is InChI=1S/C14H18N2O4S/c17-13(8-15-4-5-20-9-11(15)14(18)19)16-3-1-12-10(7-16)2-6-21-12/h2,6,11H,1,3-5,7-9H2,(H,18,19). The van der Waals surface area contributed by atoms with Gasteiger partial charge in [-0.1, -0.05) is 0 Å². The van der Waals surface area contributed by atoms with Crippen molar-refractivity contribution in [3.8, 4) is 0 Å². The SMILES string of the molecule is O=C(O)C1COCCN1CC(=O)N1CCc2sccc2C1. The molecule has 2 aliphatic rings. The molecule has 1 unspecified atom stereocenters. The molecule has 1 saturated heterocycles. The molecule has 7 heteroatoms. The highest BCUT2D eigenvalue weighted by molar-refractivity contribution is 7.10. The summed E-state index contributed by atoms with van der Waals surface area (Å²) in [6, 6.07) is 1.35. The Kier molecular flexibility index (Phi) is 4.23. The van der Waals surface area contributed by atoms with E-state index in [1.165, 1.54) is 10.4 Å². The summed E-state index contributed by atoms with van der Waals surface area (Å²) in [4.78, 5) is 28.5. The second-order valence-corrected chi connectivity index (χ2v) is 6.33. The number of aliphatic carboxylic acids is 1. The van der Waals surface area contributed by atoms with E-state index in [4.69, 9.17) is 4.74 Å². The third-order valence-electron chi connectivity index (χ3n) is 4.02. The summed E-state index contributed by atoms with van der Waals surface area (Å²) in [6.07, 6.45) is 0.893. The zero-order chi connectivity index (χ0) is 14.8. The van der Waals surface area contributed by atoms with Crippen molar-refractivity contribution in [2.45, 2.75) is 19.0 Å². The largest absolute Gasteiger partial charge is 0.480 e. The second-order valence-electron chi connectivity index (χ2n) is 5.33. The number of carbonyl (C=O) groups is 2. The second kappa shape index (κ2) is 6.13. The van der Waals surface area contributed by atoms with Gasteiger partial charge in [0, 0.05) is 24.5 Å². The smallest absolute Gasteiger partial charge is 0.323 e. The zero-order valence-electron chi connectivity index (χ0n) is 11.7. The number of thiophene rings is 1. The number of rotatable bonds is 3. The molecule has 0 radical (unpaired) electrons. The minimum absolute atomic E-state index is 0.000000000000000444. The predicted molar refractivity (Wildman–Crippen MR) is 77.3 cm³/mol. The van der Waals surface area contributed by atoms with Crippen molar-refractivity contribution in [3.05, 3.63) is 21.9 Å². The fourth-order valence-corrected chi connectivity index (χ4v) is 3.68. The first-order valence-electron chi connectivity index (χ1n) is 7.03. The van der Waals surface area contributed by atoms with Gasteiger partial charge in [0.25, 0.3) is 0 Å². The number of morpholine rings is 1. The Morgan fingerprint density at radius 1 is 1.43 bits per heavy atom. The predicted octanol–water partition coefficient (Wildman–Crippen LogP) is 0.418. The van der Waals surface area contributed by atoms with Crippen LogP contribution in [0.25, 0.3) is 0 Å². The van der Waals surface area contributed by atoms with Gasteiger partial charge in [-0.2, -0.15) is 0 Å². The highest BCUT2D eigenvalue weighted by atomic mass is 32.1. The molecule has 3 heterocycles. The monoisotopic (exact) mass is 310 g/mol. The van der Waals surface area contributed by atoms with Crippen molar-refractivity contribution < 1.29 is 19.4 Å². The maximum Gasteiger partial charge on any atom is 0.323 e. The quantitative estimate of drug-likeness (QED) is 0.876. The summed E-state index contributed by atoms with van der Waals surface area (Å²) < 4.78 is 5.19. The van der Waals surface area contributed by atoms with Gasteiger partial charge < -0.3 is 14.7 Å². The van der Waals surface area contributed by atoms with Gasteiger partial charge in [0.2, 0.25) is 5.91 Å². The minimum atomic E-state index is -0.929. The Bertz CT molecular complexity index is 545. The van der Waals surface area contributed by atoms with Gasteiger partial charge in [-0.05, 0) is 23.4 Å². The first-order chi connectivity index (χ1) is 10.1. The lowest BCUT2D eigenvalue weighted by atomic mass is 10.1. The van der Waals surface area contributed by atoms with E-state index in [1.807, 2.05) is 4.90 Å². The van der Waals surface area contributed by atoms with Crippen LogP contribution in [0.4, 0.5) is 0 Å². The molecule has 1 aromatic heterocycles. The molecule has 1 N–H and O–H groups in total. The molecule has 2 aliphatic heterocycles. The summed E-state index contributed by atoms with van der Waals surface area (Å²) >= 11 is 1.74. The summed E-state index contributed by atoms with van der Waals surface area (Å²) in [6.45, 7) is 2.62. The fraction of sp³-hybridized carbons (Fsp3) is 0.571. The summed E-state index contributed by atoms with van der Waals surface area (Å²) in [5.74, 6) is -0.929. The van der Waals surface area contributed by atoms with Gasteiger partial charge in [0.15, 0.2) is 0 Å². The number of ether oxygens (including phenoxy) is 1. The first-order valence-corrected chi connectivity index (χ1v) is 7.90. The van der Waals surface area contributed by atoms with E-state index in [2.05, 4.69) is 11.4 Å². The molecule has 0 aliphatic carbocycles.